The number of nitrogen functional groups attached to an aromatic ring is 1. The quantitative estimate of drug-likeness (QED) is 0.767. The summed E-state index contributed by atoms with van der Waals surface area (Å²) in [5, 5.41) is 5.07. The van der Waals surface area contributed by atoms with Gasteiger partial charge in [0.15, 0.2) is 11.5 Å². The van der Waals surface area contributed by atoms with Gasteiger partial charge in [0, 0.05) is 27.7 Å². The molecule has 0 spiro atoms. The lowest BCUT2D eigenvalue weighted by Crippen LogP contribution is -2.07. The first kappa shape index (κ1) is 15.1. The highest BCUT2D eigenvalue weighted by molar-refractivity contribution is 7.99. The summed E-state index contributed by atoms with van der Waals surface area (Å²) in [6, 6.07) is 9.61. The normalized spacial score (nSPS) is 11.2. The lowest BCUT2D eigenvalue weighted by atomic mass is 10.2. The van der Waals surface area contributed by atoms with Crippen molar-refractivity contribution in [3.63, 3.8) is 0 Å². The first-order valence-corrected chi connectivity index (χ1v) is 8.06. The van der Waals surface area contributed by atoms with Crippen LogP contribution in [0.1, 0.15) is 11.4 Å². The molecule has 3 rings (SSSR count). The van der Waals surface area contributed by atoms with Crippen LogP contribution >= 0.6 is 23.4 Å². The molecule has 0 aliphatic heterocycles. The van der Waals surface area contributed by atoms with Gasteiger partial charge in [0.2, 0.25) is 0 Å². The van der Waals surface area contributed by atoms with Gasteiger partial charge < -0.3 is 11.5 Å². The summed E-state index contributed by atoms with van der Waals surface area (Å²) >= 11 is 7.55. The second kappa shape index (κ2) is 6.16. The molecule has 5 nitrogen and oxygen atoms in total. The Bertz CT molecular complexity index is 830. The van der Waals surface area contributed by atoms with E-state index in [4.69, 9.17) is 23.1 Å². The Morgan fingerprint density at radius 3 is 2.86 bits per heavy atom. The van der Waals surface area contributed by atoms with Gasteiger partial charge in [-0.3, -0.25) is 0 Å². The van der Waals surface area contributed by atoms with E-state index in [1.165, 1.54) is 11.8 Å². The molecule has 0 radical (unpaired) electrons. The van der Waals surface area contributed by atoms with Crippen molar-refractivity contribution in [1.82, 2.24) is 14.6 Å². The molecule has 0 amide bonds. The van der Waals surface area contributed by atoms with Crippen molar-refractivity contribution in [2.24, 2.45) is 5.73 Å². The minimum Gasteiger partial charge on any atom is -0.381 e. The molecule has 1 aromatic carbocycles. The molecular formula is C15H16ClN5S. The van der Waals surface area contributed by atoms with Crippen LogP contribution in [-0.4, -0.2) is 21.1 Å². The Morgan fingerprint density at radius 2 is 2.14 bits per heavy atom. The van der Waals surface area contributed by atoms with E-state index in [-0.39, 0.29) is 0 Å². The Balaban J connectivity index is 2.10. The third-order valence-corrected chi connectivity index (χ3v) is 4.54. The maximum absolute atomic E-state index is 6.08. The fourth-order valence-electron chi connectivity index (χ4n) is 2.25. The zero-order valence-corrected chi connectivity index (χ0v) is 13.7. The summed E-state index contributed by atoms with van der Waals surface area (Å²) < 4.78 is 1.77. The number of rotatable bonds is 4. The van der Waals surface area contributed by atoms with E-state index in [1.54, 1.807) is 4.52 Å². The van der Waals surface area contributed by atoms with Crippen molar-refractivity contribution >= 4 is 34.8 Å². The highest BCUT2D eigenvalue weighted by atomic mass is 35.5. The number of fused-ring (bicyclic) bond motifs is 1. The fraction of sp³-hybridized carbons (Fsp3) is 0.200. The van der Waals surface area contributed by atoms with Crippen molar-refractivity contribution in [1.29, 1.82) is 0 Å². The number of hydrogen-bond donors (Lipinski definition) is 2. The van der Waals surface area contributed by atoms with Gasteiger partial charge in [-0.25, -0.2) is 9.50 Å². The Morgan fingerprint density at radius 1 is 1.32 bits per heavy atom. The lowest BCUT2D eigenvalue weighted by molar-refractivity contribution is 0.856. The summed E-state index contributed by atoms with van der Waals surface area (Å²) in [5.41, 5.74) is 14.4. The van der Waals surface area contributed by atoms with Gasteiger partial charge in [0.25, 0.3) is 0 Å². The third kappa shape index (κ3) is 2.90. The zero-order valence-electron chi connectivity index (χ0n) is 12.1. The number of aromatic nitrogens is 3. The number of halogens is 1. The number of hydrogen-bond acceptors (Lipinski definition) is 5. The third-order valence-electron chi connectivity index (χ3n) is 3.22. The summed E-state index contributed by atoms with van der Waals surface area (Å²) in [4.78, 5) is 6.49. The van der Waals surface area contributed by atoms with Crippen molar-refractivity contribution in [3.8, 4) is 0 Å². The van der Waals surface area contributed by atoms with Gasteiger partial charge in [0.1, 0.15) is 4.90 Å². The van der Waals surface area contributed by atoms with E-state index in [2.05, 4.69) is 10.1 Å². The SMILES string of the molecule is Cc1cc(CCN)nc2c(Sc3cccc(Cl)c3)c(N)nn12. The summed E-state index contributed by atoms with van der Waals surface area (Å²) in [6.07, 6.45) is 0.726. The maximum Gasteiger partial charge on any atom is 0.171 e. The van der Waals surface area contributed by atoms with Crippen LogP contribution in [0.5, 0.6) is 0 Å². The van der Waals surface area contributed by atoms with E-state index in [9.17, 15) is 0 Å². The van der Waals surface area contributed by atoms with Crippen LogP contribution < -0.4 is 11.5 Å². The van der Waals surface area contributed by atoms with Gasteiger partial charge >= 0.3 is 0 Å². The average molecular weight is 334 g/mol. The molecule has 0 atom stereocenters. The first-order valence-electron chi connectivity index (χ1n) is 6.86. The van der Waals surface area contributed by atoms with Crippen LogP contribution in [0.15, 0.2) is 40.1 Å². The topological polar surface area (TPSA) is 82.2 Å². The second-order valence-electron chi connectivity index (χ2n) is 4.94. The molecule has 2 heterocycles. The molecule has 3 aromatic rings. The predicted molar refractivity (Wildman–Crippen MR) is 90.5 cm³/mol. The van der Waals surface area contributed by atoms with Crippen molar-refractivity contribution in [2.45, 2.75) is 23.1 Å². The number of nitrogens with zero attached hydrogens (tertiary/aromatic N) is 3. The molecule has 0 unspecified atom stereocenters. The van der Waals surface area contributed by atoms with Gasteiger partial charge in [-0.2, -0.15) is 0 Å². The van der Waals surface area contributed by atoms with Crippen molar-refractivity contribution in [2.75, 3.05) is 12.3 Å². The molecule has 2 aromatic heterocycles. The largest absolute Gasteiger partial charge is 0.381 e. The second-order valence-corrected chi connectivity index (χ2v) is 6.46. The smallest absolute Gasteiger partial charge is 0.171 e. The van der Waals surface area contributed by atoms with Gasteiger partial charge in [-0.15, -0.1) is 5.10 Å². The molecule has 0 saturated carbocycles. The maximum atomic E-state index is 6.08. The molecule has 0 saturated heterocycles. The molecule has 0 bridgehead atoms. The summed E-state index contributed by atoms with van der Waals surface area (Å²) in [7, 11) is 0. The molecular weight excluding hydrogens is 318 g/mol. The number of aryl methyl sites for hydroxylation is 1. The van der Waals surface area contributed by atoms with Crippen molar-refractivity contribution in [3.05, 3.63) is 46.7 Å². The van der Waals surface area contributed by atoms with Gasteiger partial charge in [-0.1, -0.05) is 29.4 Å². The van der Waals surface area contributed by atoms with Crippen LogP contribution in [0.3, 0.4) is 0 Å². The molecule has 4 N–H and O–H groups in total. The number of nitrogens with two attached hydrogens (primary N) is 2. The van der Waals surface area contributed by atoms with E-state index >= 15 is 0 Å². The van der Waals surface area contributed by atoms with Crippen LogP contribution in [0.2, 0.25) is 5.02 Å². The zero-order chi connectivity index (χ0) is 15.7. The Kier molecular flexibility index (Phi) is 4.24. The minimum absolute atomic E-state index is 0.463. The van der Waals surface area contributed by atoms with E-state index in [0.717, 1.165) is 33.2 Å². The van der Waals surface area contributed by atoms with E-state index < -0.39 is 0 Å². The molecule has 22 heavy (non-hydrogen) atoms. The fourth-order valence-corrected chi connectivity index (χ4v) is 3.44. The lowest BCUT2D eigenvalue weighted by Gasteiger charge is -2.05. The van der Waals surface area contributed by atoms with Crippen LogP contribution in [0, 0.1) is 6.92 Å². The van der Waals surface area contributed by atoms with Crippen molar-refractivity contribution < 1.29 is 0 Å². The summed E-state index contributed by atoms with van der Waals surface area (Å²) in [5.74, 6) is 0.463. The average Bonchev–Trinajstić information content (AvgIpc) is 2.77. The predicted octanol–water partition coefficient (Wildman–Crippen LogP) is 2.93. The molecule has 7 heteroatoms. The standard InChI is InChI=1S/C15H16ClN5S/c1-9-7-11(5-6-17)19-15-13(14(18)20-21(9)15)22-12-4-2-3-10(16)8-12/h2-4,7-8H,5-6,17H2,1H3,(H2,18,20). The van der Waals surface area contributed by atoms with Crippen LogP contribution in [0.4, 0.5) is 5.82 Å². The Hall–Kier alpha value is -1.76. The number of anilines is 1. The monoisotopic (exact) mass is 333 g/mol. The van der Waals surface area contributed by atoms with Gasteiger partial charge in [-0.05, 0) is 37.7 Å². The summed E-state index contributed by atoms with van der Waals surface area (Å²) in [6.45, 7) is 2.54. The first-order chi connectivity index (χ1) is 10.6. The Labute approximate surface area is 137 Å². The van der Waals surface area contributed by atoms with E-state index in [1.807, 2.05) is 37.3 Å². The number of benzene rings is 1. The minimum atomic E-state index is 0.463. The van der Waals surface area contributed by atoms with Gasteiger partial charge in [0.05, 0.1) is 0 Å². The molecule has 0 aliphatic carbocycles. The molecule has 0 fully saturated rings. The molecule has 114 valence electrons. The molecule has 0 aliphatic rings. The van der Waals surface area contributed by atoms with Crippen LogP contribution in [0.25, 0.3) is 5.65 Å². The highest BCUT2D eigenvalue weighted by Gasteiger charge is 2.15. The highest BCUT2D eigenvalue weighted by Crippen LogP contribution is 2.35. The van der Waals surface area contributed by atoms with E-state index in [0.29, 0.717) is 17.4 Å². The van der Waals surface area contributed by atoms with Crippen LogP contribution in [-0.2, 0) is 6.42 Å².